The lowest BCUT2D eigenvalue weighted by atomic mass is 9.91. The Bertz CT molecular complexity index is 1330. The topological polar surface area (TPSA) is 105 Å². The van der Waals surface area contributed by atoms with Crippen molar-refractivity contribution < 1.29 is 13.9 Å². The number of amides is 1. The molecule has 1 amide bonds. The number of pyridine rings is 2. The predicted molar refractivity (Wildman–Crippen MR) is 135 cm³/mol. The van der Waals surface area contributed by atoms with Gasteiger partial charge in [0.1, 0.15) is 26.9 Å². The standard InChI is InChI=1S/C25H29FN6O2S/c1-13-17(26)10-16-21(27)22(35-24(16)29-13)23(33)30-15-4-5-18-14(9-15)3-6-20(31-18)32-11-19-25(12-32,34-2)7-8-28-19/h3,6,10,15,19,28H,4-5,7-9,11-12,27H2,1-2H3,(H,30,33). The Morgan fingerprint density at radius 1 is 1.40 bits per heavy atom. The van der Waals surface area contributed by atoms with E-state index in [1.807, 2.05) is 0 Å². The average molecular weight is 497 g/mol. The van der Waals surface area contributed by atoms with E-state index in [-0.39, 0.29) is 23.2 Å². The van der Waals surface area contributed by atoms with Gasteiger partial charge in [-0.1, -0.05) is 6.07 Å². The average Bonchev–Trinajstić information content (AvgIpc) is 3.50. The maximum atomic E-state index is 13.9. The SMILES string of the molecule is COC12CCNC1CN(c1ccc3c(n1)CCC(NC(=O)c1sc4nc(C)c(F)cc4c1N)C3)C2. The lowest BCUT2D eigenvalue weighted by Crippen LogP contribution is -2.42. The Balaban J connectivity index is 1.15. The van der Waals surface area contributed by atoms with E-state index in [0.29, 0.717) is 26.8 Å². The van der Waals surface area contributed by atoms with Crippen LogP contribution < -0.4 is 21.3 Å². The summed E-state index contributed by atoms with van der Waals surface area (Å²) in [6, 6.07) is 5.91. The minimum Gasteiger partial charge on any atom is -0.397 e. The van der Waals surface area contributed by atoms with Gasteiger partial charge in [-0.15, -0.1) is 11.3 Å². The van der Waals surface area contributed by atoms with Gasteiger partial charge in [0.05, 0.1) is 24.0 Å². The number of hydrogen-bond acceptors (Lipinski definition) is 8. The van der Waals surface area contributed by atoms with Crippen LogP contribution in [0.25, 0.3) is 10.2 Å². The number of aromatic nitrogens is 2. The van der Waals surface area contributed by atoms with Crippen molar-refractivity contribution in [2.45, 2.75) is 50.3 Å². The molecule has 1 aliphatic carbocycles. The third-order valence-corrected chi connectivity index (χ3v) is 8.92. The zero-order valence-corrected chi connectivity index (χ0v) is 20.7. The highest BCUT2D eigenvalue weighted by atomic mass is 32.1. The first-order chi connectivity index (χ1) is 16.9. The van der Waals surface area contributed by atoms with Gasteiger partial charge in [-0.3, -0.25) is 4.79 Å². The number of nitrogens with zero attached hydrogens (tertiary/aromatic N) is 3. The molecule has 5 heterocycles. The number of halogens is 1. The summed E-state index contributed by atoms with van der Waals surface area (Å²) in [4.78, 5) is 25.5. The van der Waals surface area contributed by atoms with Crippen LogP contribution >= 0.6 is 11.3 Å². The summed E-state index contributed by atoms with van der Waals surface area (Å²) in [5.74, 6) is 0.338. The highest BCUT2D eigenvalue weighted by Crippen LogP contribution is 2.36. The van der Waals surface area contributed by atoms with Crippen molar-refractivity contribution in [1.29, 1.82) is 0 Å². The second-order valence-electron chi connectivity index (χ2n) is 9.85. The van der Waals surface area contributed by atoms with Crippen molar-refractivity contribution in [3.05, 3.63) is 45.8 Å². The van der Waals surface area contributed by atoms with Crippen molar-refractivity contribution in [2.75, 3.05) is 37.4 Å². The van der Waals surface area contributed by atoms with Crippen molar-refractivity contribution in [3.63, 3.8) is 0 Å². The molecule has 184 valence electrons. The molecule has 3 aromatic heterocycles. The number of nitrogens with two attached hydrogens (primary N) is 1. The molecular formula is C25H29FN6O2S. The molecule has 3 aliphatic rings. The molecule has 0 saturated carbocycles. The maximum Gasteiger partial charge on any atom is 0.263 e. The van der Waals surface area contributed by atoms with Gasteiger partial charge in [0, 0.05) is 30.8 Å². The number of methoxy groups -OCH3 is 1. The second kappa shape index (κ2) is 8.39. The van der Waals surface area contributed by atoms with Crippen LogP contribution in [0.3, 0.4) is 0 Å². The molecule has 0 aromatic carbocycles. The number of nitrogens with one attached hydrogen (secondary N) is 2. The van der Waals surface area contributed by atoms with Gasteiger partial charge in [-0.25, -0.2) is 14.4 Å². The van der Waals surface area contributed by atoms with E-state index in [1.54, 1.807) is 14.0 Å². The van der Waals surface area contributed by atoms with Crippen molar-refractivity contribution in [3.8, 4) is 0 Å². The quantitative estimate of drug-likeness (QED) is 0.510. The molecule has 2 aliphatic heterocycles. The second-order valence-corrected chi connectivity index (χ2v) is 10.8. The van der Waals surface area contributed by atoms with Crippen molar-refractivity contribution in [2.24, 2.45) is 0 Å². The minimum absolute atomic E-state index is 0.00852. The predicted octanol–water partition coefficient (Wildman–Crippen LogP) is 2.58. The molecule has 0 radical (unpaired) electrons. The van der Waals surface area contributed by atoms with Crippen molar-refractivity contribution in [1.82, 2.24) is 20.6 Å². The van der Waals surface area contributed by atoms with Gasteiger partial charge in [0.15, 0.2) is 0 Å². The van der Waals surface area contributed by atoms with Gasteiger partial charge in [-0.2, -0.15) is 0 Å². The minimum atomic E-state index is -0.421. The van der Waals surface area contributed by atoms with Crippen LogP contribution in [0, 0.1) is 12.7 Å². The first kappa shape index (κ1) is 22.6. The number of anilines is 2. The van der Waals surface area contributed by atoms with E-state index in [0.717, 1.165) is 62.4 Å². The van der Waals surface area contributed by atoms with Crippen LogP contribution in [-0.2, 0) is 17.6 Å². The molecule has 0 spiro atoms. The summed E-state index contributed by atoms with van der Waals surface area (Å²) in [6.45, 7) is 4.34. The first-order valence-corrected chi connectivity index (χ1v) is 12.9. The molecule has 2 saturated heterocycles. The Hall–Kier alpha value is -2.82. The van der Waals surface area contributed by atoms with E-state index in [4.69, 9.17) is 15.5 Å². The number of ether oxygens (including phenoxy) is 1. The van der Waals surface area contributed by atoms with Crippen LogP contribution in [-0.4, -0.2) is 60.3 Å². The fraction of sp³-hybridized carbons (Fsp3) is 0.480. The zero-order chi connectivity index (χ0) is 24.3. The van der Waals surface area contributed by atoms with Crippen LogP contribution in [0.4, 0.5) is 15.9 Å². The Morgan fingerprint density at radius 2 is 2.26 bits per heavy atom. The molecule has 3 atom stereocenters. The molecule has 35 heavy (non-hydrogen) atoms. The third kappa shape index (κ3) is 3.75. The largest absolute Gasteiger partial charge is 0.397 e. The maximum absolute atomic E-state index is 13.9. The smallest absolute Gasteiger partial charge is 0.263 e. The summed E-state index contributed by atoms with van der Waals surface area (Å²) in [6.07, 6.45) is 3.34. The number of rotatable bonds is 4. The highest BCUT2D eigenvalue weighted by Gasteiger charge is 2.50. The number of nitrogen functional groups attached to an aromatic ring is 1. The molecule has 8 nitrogen and oxygen atoms in total. The molecule has 6 rings (SSSR count). The van der Waals surface area contributed by atoms with Gasteiger partial charge in [0.25, 0.3) is 5.91 Å². The lowest BCUT2D eigenvalue weighted by Gasteiger charge is -2.28. The Kier molecular flexibility index (Phi) is 5.43. The summed E-state index contributed by atoms with van der Waals surface area (Å²) >= 11 is 1.21. The van der Waals surface area contributed by atoms with Crippen molar-refractivity contribution >= 4 is 39.0 Å². The molecule has 3 unspecified atom stereocenters. The number of carbonyl (C=O) groups is 1. The molecule has 0 bridgehead atoms. The van der Waals surface area contributed by atoms with Gasteiger partial charge in [0.2, 0.25) is 0 Å². The molecule has 4 N–H and O–H groups in total. The van der Waals surface area contributed by atoms with Crippen LogP contribution in [0.2, 0.25) is 0 Å². The fourth-order valence-corrected chi connectivity index (χ4v) is 6.78. The van der Waals surface area contributed by atoms with E-state index >= 15 is 0 Å². The van der Waals surface area contributed by atoms with E-state index in [1.165, 1.54) is 17.4 Å². The molecule has 2 fully saturated rings. The number of thiophene rings is 1. The monoisotopic (exact) mass is 496 g/mol. The summed E-state index contributed by atoms with van der Waals surface area (Å²) in [5, 5.41) is 7.18. The first-order valence-electron chi connectivity index (χ1n) is 12.0. The number of hydrogen-bond donors (Lipinski definition) is 3. The normalized spacial score (nSPS) is 25.6. The highest BCUT2D eigenvalue weighted by molar-refractivity contribution is 7.21. The fourth-order valence-electron chi connectivity index (χ4n) is 5.75. The number of aryl methyl sites for hydroxylation is 2. The van der Waals surface area contributed by atoms with Gasteiger partial charge < -0.3 is 26.0 Å². The molecule has 10 heteroatoms. The molecular weight excluding hydrogens is 467 g/mol. The summed E-state index contributed by atoms with van der Waals surface area (Å²) < 4.78 is 19.9. The van der Waals surface area contributed by atoms with E-state index < -0.39 is 5.82 Å². The Morgan fingerprint density at radius 3 is 3.06 bits per heavy atom. The zero-order valence-electron chi connectivity index (χ0n) is 19.9. The third-order valence-electron chi connectivity index (χ3n) is 7.81. The van der Waals surface area contributed by atoms with Gasteiger partial charge in [-0.05, 0) is 56.8 Å². The molecule has 3 aromatic rings. The summed E-state index contributed by atoms with van der Waals surface area (Å²) in [5.41, 5.74) is 8.91. The van der Waals surface area contributed by atoms with Crippen LogP contribution in [0.15, 0.2) is 18.2 Å². The summed E-state index contributed by atoms with van der Waals surface area (Å²) in [7, 11) is 1.81. The number of carbonyl (C=O) groups excluding carboxylic acids is 1. The van der Waals surface area contributed by atoms with Gasteiger partial charge >= 0.3 is 0 Å². The lowest BCUT2D eigenvalue weighted by molar-refractivity contribution is 0.00766. The van der Waals surface area contributed by atoms with Crippen LogP contribution in [0.5, 0.6) is 0 Å². The van der Waals surface area contributed by atoms with E-state index in [2.05, 4.69) is 32.7 Å². The van der Waals surface area contributed by atoms with Crippen LogP contribution in [0.1, 0.15) is 39.5 Å². The Labute approximate surface area is 207 Å². The number of fused-ring (bicyclic) bond motifs is 3. The van der Waals surface area contributed by atoms with E-state index in [9.17, 15) is 9.18 Å².